The summed E-state index contributed by atoms with van der Waals surface area (Å²) >= 11 is 11.9. The van der Waals surface area contributed by atoms with E-state index in [2.05, 4.69) is 6.92 Å². The molecule has 0 heterocycles. The smallest absolute Gasteiger partial charge is 0.137 e. The van der Waals surface area contributed by atoms with Crippen LogP contribution in [0.3, 0.4) is 0 Å². The fraction of sp³-hybridized carbons (Fsp3) is 0.647. The molecule has 1 aromatic rings. The zero-order valence-corrected chi connectivity index (χ0v) is 14.0. The van der Waals surface area contributed by atoms with E-state index >= 15 is 0 Å². The van der Waals surface area contributed by atoms with E-state index in [1.54, 1.807) is 12.1 Å². The van der Waals surface area contributed by atoms with Crippen LogP contribution < -0.4 is 4.74 Å². The Hall–Kier alpha value is -0.400. The highest BCUT2D eigenvalue weighted by molar-refractivity contribution is 6.35. The van der Waals surface area contributed by atoms with Crippen molar-refractivity contribution >= 4 is 23.2 Å². The van der Waals surface area contributed by atoms with Gasteiger partial charge in [-0.05, 0) is 24.6 Å². The molecule has 0 spiro atoms. The standard InChI is InChI=1S/C17H26Cl2O/c1-2-3-4-5-6-7-8-9-10-13-20-17-12-11-15(18)14-16(17)19/h11-12,14H,2-10,13H2,1H3. The summed E-state index contributed by atoms with van der Waals surface area (Å²) in [4.78, 5) is 0. The van der Waals surface area contributed by atoms with Crippen LogP contribution in [-0.4, -0.2) is 6.61 Å². The van der Waals surface area contributed by atoms with E-state index in [-0.39, 0.29) is 0 Å². The third-order valence-electron chi connectivity index (χ3n) is 3.40. The first-order valence-corrected chi connectivity index (χ1v) is 8.57. The number of hydrogen-bond acceptors (Lipinski definition) is 1. The van der Waals surface area contributed by atoms with Gasteiger partial charge >= 0.3 is 0 Å². The van der Waals surface area contributed by atoms with E-state index in [9.17, 15) is 0 Å². The highest BCUT2D eigenvalue weighted by atomic mass is 35.5. The highest BCUT2D eigenvalue weighted by Crippen LogP contribution is 2.27. The molecule has 0 amide bonds. The monoisotopic (exact) mass is 316 g/mol. The Labute approximate surface area is 133 Å². The van der Waals surface area contributed by atoms with Crippen LogP contribution in [0.5, 0.6) is 5.75 Å². The first-order chi connectivity index (χ1) is 9.74. The Bertz CT molecular complexity index is 366. The van der Waals surface area contributed by atoms with Crippen LogP contribution >= 0.6 is 23.2 Å². The molecular weight excluding hydrogens is 291 g/mol. The van der Waals surface area contributed by atoms with Crippen molar-refractivity contribution in [3.05, 3.63) is 28.2 Å². The van der Waals surface area contributed by atoms with Crippen molar-refractivity contribution in [2.24, 2.45) is 0 Å². The van der Waals surface area contributed by atoms with E-state index in [1.165, 1.54) is 51.4 Å². The number of hydrogen-bond donors (Lipinski definition) is 0. The van der Waals surface area contributed by atoms with E-state index < -0.39 is 0 Å². The minimum atomic E-state index is 0.591. The van der Waals surface area contributed by atoms with Crippen LogP contribution in [0.1, 0.15) is 64.7 Å². The Kier molecular flexibility index (Phi) is 9.96. The lowest BCUT2D eigenvalue weighted by atomic mass is 10.1. The average molecular weight is 317 g/mol. The summed E-state index contributed by atoms with van der Waals surface area (Å²) in [7, 11) is 0. The molecule has 0 unspecified atom stereocenters. The van der Waals surface area contributed by atoms with Crippen molar-refractivity contribution in [2.75, 3.05) is 6.61 Å². The highest BCUT2D eigenvalue weighted by Gasteiger charge is 2.01. The third kappa shape index (κ3) is 8.01. The normalized spacial score (nSPS) is 10.8. The Morgan fingerprint density at radius 3 is 2.05 bits per heavy atom. The van der Waals surface area contributed by atoms with Gasteiger partial charge in [-0.15, -0.1) is 0 Å². The Morgan fingerprint density at radius 2 is 1.45 bits per heavy atom. The molecule has 0 radical (unpaired) electrons. The zero-order chi connectivity index (χ0) is 14.6. The van der Waals surface area contributed by atoms with Crippen LogP contribution in [-0.2, 0) is 0 Å². The molecule has 0 aliphatic carbocycles. The van der Waals surface area contributed by atoms with Crippen LogP contribution in [0, 0.1) is 0 Å². The molecular formula is C17H26Cl2O. The second-order valence-corrected chi connectivity index (χ2v) is 6.10. The van der Waals surface area contributed by atoms with E-state index in [0.29, 0.717) is 10.0 Å². The van der Waals surface area contributed by atoms with Gasteiger partial charge in [0.1, 0.15) is 5.75 Å². The number of ether oxygens (including phenoxy) is 1. The van der Waals surface area contributed by atoms with Gasteiger partial charge in [-0.25, -0.2) is 0 Å². The molecule has 0 atom stereocenters. The summed E-state index contributed by atoms with van der Waals surface area (Å²) in [6, 6.07) is 5.35. The summed E-state index contributed by atoms with van der Waals surface area (Å²) in [5, 5.41) is 1.24. The van der Waals surface area contributed by atoms with Gasteiger partial charge in [-0.2, -0.15) is 0 Å². The maximum absolute atomic E-state index is 6.04. The largest absolute Gasteiger partial charge is 0.492 e. The van der Waals surface area contributed by atoms with Crippen LogP contribution in [0.4, 0.5) is 0 Å². The molecule has 20 heavy (non-hydrogen) atoms. The number of benzene rings is 1. The molecule has 1 rings (SSSR count). The van der Waals surface area contributed by atoms with Gasteiger partial charge in [0.25, 0.3) is 0 Å². The molecule has 0 saturated carbocycles. The maximum Gasteiger partial charge on any atom is 0.137 e. The lowest BCUT2D eigenvalue weighted by molar-refractivity contribution is 0.304. The topological polar surface area (TPSA) is 9.23 Å². The predicted octanol–water partition coefficient (Wildman–Crippen LogP) is 6.90. The van der Waals surface area contributed by atoms with Crippen molar-refractivity contribution in [2.45, 2.75) is 64.7 Å². The number of unbranched alkanes of at least 4 members (excludes halogenated alkanes) is 8. The third-order valence-corrected chi connectivity index (χ3v) is 3.93. The first-order valence-electron chi connectivity index (χ1n) is 7.82. The number of rotatable bonds is 11. The lowest BCUT2D eigenvalue weighted by Crippen LogP contribution is -1.97. The van der Waals surface area contributed by atoms with Gasteiger partial charge < -0.3 is 4.74 Å². The summed E-state index contributed by atoms with van der Waals surface area (Å²) in [5.41, 5.74) is 0. The predicted molar refractivity (Wildman–Crippen MR) is 89.2 cm³/mol. The van der Waals surface area contributed by atoms with E-state index in [1.807, 2.05) is 6.07 Å². The fourth-order valence-electron chi connectivity index (χ4n) is 2.19. The quantitative estimate of drug-likeness (QED) is 0.403. The van der Waals surface area contributed by atoms with Crippen LogP contribution in [0.15, 0.2) is 18.2 Å². The second-order valence-electron chi connectivity index (χ2n) is 5.25. The van der Waals surface area contributed by atoms with Gasteiger partial charge in [-0.3, -0.25) is 0 Å². The summed E-state index contributed by atoms with van der Waals surface area (Å²) in [5.74, 6) is 0.732. The molecule has 0 N–H and O–H groups in total. The van der Waals surface area contributed by atoms with Gasteiger partial charge in [0.15, 0.2) is 0 Å². The molecule has 0 saturated heterocycles. The number of halogens is 2. The van der Waals surface area contributed by atoms with Crippen LogP contribution in [0.2, 0.25) is 10.0 Å². The van der Waals surface area contributed by atoms with Gasteiger partial charge in [0.05, 0.1) is 11.6 Å². The second kappa shape index (κ2) is 11.3. The zero-order valence-electron chi connectivity index (χ0n) is 12.5. The Morgan fingerprint density at radius 1 is 0.850 bits per heavy atom. The van der Waals surface area contributed by atoms with Crippen molar-refractivity contribution in [3.63, 3.8) is 0 Å². The lowest BCUT2D eigenvalue weighted by Gasteiger charge is -2.08. The molecule has 0 bridgehead atoms. The molecule has 1 nitrogen and oxygen atoms in total. The van der Waals surface area contributed by atoms with Crippen LogP contribution in [0.25, 0.3) is 0 Å². The first kappa shape index (κ1) is 17.7. The Balaban J connectivity index is 1.97. The fourth-order valence-corrected chi connectivity index (χ4v) is 2.65. The molecule has 0 aliphatic heterocycles. The summed E-state index contributed by atoms with van der Waals surface area (Å²) in [6.07, 6.45) is 11.9. The molecule has 0 fully saturated rings. The van der Waals surface area contributed by atoms with E-state index in [0.717, 1.165) is 18.8 Å². The van der Waals surface area contributed by atoms with Crippen molar-refractivity contribution in [1.29, 1.82) is 0 Å². The van der Waals surface area contributed by atoms with Crippen molar-refractivity contribution in [1.82, 2.24) is 0 Å². The maximum atomic E-state index is 6.04. The van der Waals surface area contributed by atoms with Gasteiger partial charge in [0, 0.05) is 5.02 Å². The minimum absolute atomic E-state index is 0.591. The summed E-state index contributed by atoms with van der Waals surface area (Å²) < 4.78 is 5.66. The minimum Gasteiger partial charge on any atom is -0.492 e. The van der Waals surface area contributed by atoms with E-state index in [4.69, 9.17) is 27.9 Å². The molecule has 3 heteroatoms. The molecule has 0 aliphatic rings. The van der Waals surface area contributed by atoms with Crippen molar-refractivity contribution < 1.29 is 4.74 Å². The summed E-state index contributed by atoms with van der Waals surface area (Å²) in [6.45, 7) is 2.99. The SMILES string of the molecule is CCCCCCCCCCCOc1ccc(Cl)cc1Cl. The molecule has 114 valence electrons. The van der Waals surface area contributed by atoms with Gasteiger partial charge in [0.2, 0.25) is 0 Å². The van der Waals surface area contributed by atoms with Gasteiger partial charge in [-0.1, -0.05) is 81.5 Å². The average Bonchev–Trinajstić information content (AvgIpc) is 2.43. The van der Waals surface area contributed by atoms with Crippen molar-refractivity contribution in [3.8, 4) is 5.75 Å². The molecule has 1 aromatic carbocycles. The molecule has 0 aromatic heterocycles.